The van der Waals surface area contributed by atoms with Gasteiger partial charge in [-0.05, 0) is 30.4 Å². The molecule has 1 aromatic heterocycles. The molecule has 1 fully saturated rings. The van der Waals surface area contributed by atoms with Crippen LogP contribution in [0.25, 0.3) is 11.1 Å². The van der Waals surface area contributed by atoms with E-state index in [4.69, 9.17) is 10.2 Å². The van der Waals surface area contributed by atoms with Gasteiger partial charge in [0.15, 0.2) is 5.58 Å². The van der Waals surface area contributed by atoms with Gasteiger partial charge in [0.2, 0.25) is 0 Å². The van der Waals surface area contributed by atoms with E-state index in [1.807, 2.05) is 12.1 Å². The predicted octanol–water partition coefficient (Wildman–Crippen LogP) is 3.01. The van der Waals surface area contributed by atoms with Crippen LogP contribution in [-0.2, 0) is 0 Å². The first kappa shape index (κ1) is 10.4. The van der Waals surface area contributed by atoms with E-state index >= 15 is 0 Å². The number of nitrogen functional groups attached to an aromatic ring is 1. The number of anilines is 2. The number of fused-ring (bicyclic) bond motifs is 1. The number of rotatable bonds is 3. The number of nitrogens with zero attached hydrogens (tertiary/aromatic N) is 1. The fourth-order valence-corrected chi connectivity index (χ4v) is 2.26. The molecular formula is C13H17N3O. The summed E-state index contributed by atoms with van der Waals surface area (Å²) in [4.78, 5) is 4.38. The van der Waals surface area contributed by atoms with Crippen LogP contribution in [0.1, 0.15) is 26.2 Å². The molecule has 0 unspecified atom stereocenters. The van der Waals surface area contributed by atoms with Gasteiger partial charge in [-0.25, -0.2) is 0 Å². The van der Waals surface area contributed by atoms with Crippen LogP contribution in [0.3, 0.4) is 0 Å². The fraction of sp³-hybridized carbons (Fsp3) is 0.462. The molecule has 0 aliphatic heterocycles. The minimum atomic E-state index is 0.416. The number of nitrogens with one attached hydrogen (secondary N) is 1. The lowest BCUT2D eigenvalue weighted by atomic mass is 9.70. The van der Waals surface area contributed by atoms with E-state index in [0.29, 0.717) is 17.1 Å². The topological polar surface area (TPSA) is 64.1 Å². The lowest BCUT2D eigenvalue weighted by molar-refractivity contribution is 0.179. The summed E-state index contributed by atoms with van der Waals surface area (Å²) in [6, 6.07) is 6.11. The van der Waals surface area contributed by atoms with Crippen molar-refractivity contribution in [2.75, 3.05) is 17.6 Å². The highest BCUT2D eigenvalue weighted by Crippen LogP contribution is 2.40. The van der Waals surface area contributed by atoms with Gasteiger partial charge in [-0.1, -0.05) is 13.3 Å². The maximum Gasteiger partial charge on any atom is 0.295 e. The highest BCUT2D eigenvalue weighted by Gasteiger charge is 2.31. The van der Waals surface area contributed by atoms with Crippen LogP contribution in [0.15, 0.2) is 22.6 Å². The van der Waals surface area contributed by atoms with E-state index in [2.05, 4.69) is 17.2 Å². The largest absolute Gasteiger partial charge is 0.423 e. The Balaban J connectivity index is 1.76. The summed E-state index contributed by atoms with van der Waals surface area (Å²) in [6.45, 7) is 3.22. The van der Waals surface area contributed by atoms with Gasteiger partial charge in [0.25, 0.3) is 6.01 Å². The zero-order valence-corrected chi connectivity index (χ0v) is 9.99. The van der Waals surface area contributed by atoms with E-state index in [9.17, 15) is 0 Å². The Morgan fingerprint density at radius 1 is 1.47 bits per heavy atom. The third-order valence-corrected chi connectivity index (χ3v) is 3.64. The van der Waals surface area contributed by atoms with E-state index in [-0.39, 0.29) is 0 Å². The predicted molar refractivity (Wildman–Crippen MR) is 68.9 cm³/mol. The Morgan fingerprint density at radius 2 is 2.29 bits per heavy atom. The van der Waals surface area contributed by atoms with Gasteiger partial charge >= 0.3 is 0 Å². The van der Waals surface area contributed by atoms with Crippen LogP contribution in [0, 0.1) is 5.41 Å². The normalized spacial score (nSPS) is 17.9. The quantitative estimate of drug-likeness (QED) is 0.797. The zero-order chi connectivity index (χ0) is 11.9. The SMILES string of the molecule is CC1(CNc2nc3ccc(N)cc3o2)CCC1. The van der Waals surface area contributed by atoms with Gasteiger partial charge in [0, 0.05) is 18.3 Å². The molecule has 17 heavy (non-hydrogen) atoms. The lowest BCUT2D eigenvalue weighted by Gasteiger charge is -2.38. The van der Waals surface area contributed by atoms with Crippen LogP contribution in [0.5, 0.6) is 0 Å². The number of hydrogen-bond acceptors (Lipinski definition) is 4. The Morgan fingerprint density at radius 3 is 3.00 bits per heavy atom. The van der Waals surface area contributed by atoms with Gasteiger partial charge in [-0.15, -0.1) is 0 Å². The lowest BCUT2D eigenvalue weighted by Crippen LogP contribution is -2.33. The summed E-state index contributed by atoms with van der Waals surface area (Å²) >= 11 is 0. The summed E-state index contributed by atoms with van der Waals surface area (Å²) in [7, 11) is 0. The number of nitrogens with two attached hydrogens (primary N) is 1. The van der Waals surface area contributed by atoms with Gasteiger partial charge in [0.05, 0.1) is 0 Å². The molecule has 4 nitrogen and oxygen atoms in total. The van der Waals surface area contributed by atoms with Crippen molar-refractivity contribution in [3.63, 3.8) is 0 Å². The van der Waals surface area contributed by atoms with Crippen molar-refractivity contribution in [3.8, 4) is 0 Å². The minimum absolute atomic E-state index is 0.416. The van der Waals surface area contributed by atoms with Crippen molar-refractivity contribution in [2.45, 2.75) is 26.2 Å². The molecule has 0 radical (unpaired) electrons. The zero-order valence-electron chi connectivity index (χ0n) is 9.99. The molecule has 1 aromatic carbocycles. The molecule has 0 atom stereocenters. The first-order valence-electron chi connectivity index (χ1n) is 6.05. The first-order valence-corrected chi connectivity index (χ1v) is 6.05. The molecule has 2 aromatic rings. The molecule has 0 bridgehead atoms. The molecular weight excluding hydrogens is 214 g/mol. The molecule has 1 heterocycles. The minimum Gasteiger partial charge on any atom is -0.423 e. The van der Waals surface area contributed by atoms with Crippen LogP contribution in [0.2, 0.25) is 0 Å². The monoisotopic (exact) mass is 231 g/mol. The van der Waals surface area contributed by atoms with E-state index in [0.717, 1.165) is 17.6 Å². The van der Waals surface area contributed by atoms with Crippen molar-refractivity contribution in [3.05, 3.63) is 18.2 Å². The third kappa shape index (κ3) is 1.95. The summed E-state index contributed by atoms with van der Waals surface area (Å²) in [6.07, 6.45) is 3.91. The fourth-order valence-electron chi connectivity index (χ4n) is 2.26. The molecule has 90 valence electrons. The molecule has 3 N–H and O–H groups in total. The van der Waals surface area contributed by atoms with Gasteiger partial charge in [0.1, 0.15) is 5.52 Å². The molecule has 0 saturated heterocycles. The van der Waals surface area contributed by atoms with Crippen molar-refractivity contribution in [1.82, 2.24) is 4.98 Å². The van der Waals surface area contributed by atoms with Crippen LogP contribution >= 0.6 is 0 Å². The summed E-state index contributed by atoms with van der Waals surface area (Å²) in [5.41, 5.74) is 8.40. The average molecular weight is 231 g/mol. The van der Waals surface area contributed by atoms with Crippen molar-refractivity contribution in [1.29, 1.82) is 0 Å². The van der Waals surface area contributed by atoms with Crippen molar-refractivity contribution < 1.29 is 4.42 Å². The second-order valence-electron chi connectivity index (χ2n) is 5.26. The summed E-state index contributed by atoms with van der Waals surface area (Å²) < 4.78 is 5.61. The molecule has 3 rings (SSSR count). The van der Waals surface area contributed by atoms with Gasteiger partial charge in [-0.2, -0.15) is 4.98 Å². The van der Waals surface area contributed by atoms with E-state index in [1.54, 1.807) is 6.07 Å². The first-order chi connectivity index (χ1) is 8.15. The Bertz CT molecular complexity index is 543. The summed E-state index contributed by atoms with van der Waals surface area (Å²) in [5.74, 6) is 0. The molecule has 0 spiro atoms. The van der Waals surface area contributed by atoms with Gasteiger partial charge in [-0.3, -0.25) is 0 Å². The molecule has 4 heteroatoms. The Kier molecular flexibility index (Phi) is 2.24. The maximum atomic E-state index is 5.70. The molecule has 0 amide bonds. The van der Waals surface area contributed by atoms with Crippen molar-refractivity contribution >= 4 is 22.8 Å². The van der Waals surface area contributed by atoms with E-state index in [1.165, 1.54) is 19.3 Å². The highest BCUT2D eigenvalue weighted by atomic mass is 16.4. The highest BCUT2D eigenvalue weighted by molar-refractivity contribution is 5.78. The second-order valence-corrected chi connectivity index (χ2v) is 5.26. The van der Waals surface area contributed by atoms with Crippen LogP contribution < -0.4 is 11.1 Å². The number of aromatic nitrogens is 1. The molecule has 1 saturated carbocycles. The average Bonchev–Trinajstić information content (AvgIpc) is 2.65. The Labute approximate surface area is 100 Å². The second kappa shape index (κ2) is 3.65. The third-order valence-electron chi connectivity index (χ3n) is 3.64. The van der Waals surface area contributed by atoms with Crippen LogP contribution in [-0.4, -0.2) is 11.5 Å². The maximum absolute atomic E-state index is 5.70. The van der Waals surface area contributed by atoms with Crippen molar-refractivity contribution in [2.24, 2.45) is 5.41 Å². The molecule has 1 aliphatic rings. The summed E-state index contributed by atoms with van der Waals surface area (Å²) in [5, 5.41) is 3.28. The number of hydrogen-bond donors (Lipinski definition) is 2. The van der Waals surface area contributed by atoms with Gasteiger partial charge < -0.3 is 15.5 Å². The van der Waals surface area contributed by atoms with Crippen LogP contribution in [0.4, 0.5) is 11.7 Å². The standard InChI is InChI=1S/C13H17N3O/c1-13(5-2-6-13)8-15-12-16-10-4-3-9(14)7-11(10)17-12/h3-4,7H,2,5-6,8,14H2,1H3,(H,15,16). The smallest absolute Gasteiger partial charge is 0.295 e. The number of oxazole rings is 1. The number of benzene rings is 1. The molecule has 1 aliphatic carbocycles. The Hall–Kier alpha value is -1.71. The van der Waals surface area contributed by atoms with E-state index < -0.39 is 0 Å².